The molecule has 2 aromatic carbocycles. The second kappa shape index (κ2) is 7.47. The van der Waals surface area contributed by atoms with E-state index in [-0.39, 0.29) is 0 Å². The topological polar surface area (TPSA) is 22.1 Å². The van der Waals surface area contributed by atoms with Gasteiger partial charge in [0.1, 0.15) is 17.4 Å². The van der Waals surface area contributed by atoms with Crippen LogP contribution in [0.2, 0.25) is 0 Å². The highest BCUT2D eigenvalue weighted by Gasteiger charge is 2.05. The van der Waals surface area contributed by atoms with Crippen molar-refractivity contribution in [1.82, 2.24) is 4.98 Å². The summed E-state index contributed by atoms with van der Waals surface area (Å²) in [4.78, 5) is 5.91. The van der Waals surface area contributed by atoms with Gasteiger partial charge in [0.05, 0.1) is 5.69 Å². The van der Waals surface area contributed by atoms with Crippen LogP contribution in [-0.4, -0.2) is 10.7 Å². The first kappa shape index (κ1) is 15.1. The Kier molecular flexibility index (Phi) is 5.14. The molecule has 0 aliphatic rings. The molecule has 3 aromatic rings. The van der Waals surface area contributed by atoms with E-state index in [1.54, 1.807) is 11.3 Å². The van der Waals surface area contributed by atoms with Crippen molar-refractivity contribution in [3.05, 3.63) is 65.0 Å². The molecule has 0 saturated heterocycles. The van der Waals surface area contributed by atoms with Crippen molar-refractivity contribution >= 4 is 23.1 Å². The van der Waals surface area contributed by atoms with E-state index in [0.717, 1.165) is 27.8 Å². The molecular formula is C18H17NOS2. The summed E-state index contributed by atoms with van der Waals surface area (Å²) in [7, 11) is 0. The Morgan fingerprint density at radius 3 is 2.55 bits per heavy atom. The smallest absolute Gasteiger partial charge is 0.140 e. The summed E-state index contributed by atoms with van der Waals surface area (Å²) in [6.07, 6.45) is 0. The molecule has 0 saturated carbocycles. The summed E-state index contributed by atoms with van der Waals surface area (Å²) in [5.74, 6) is 1.97. The van der Waals surface area contributed by atoms with Crippen LogP contribution in [0, 0.1) is 0 Å². The molecule has 0 aliphatic carbocycles. The molecule has 4 heteroatoms. The second-order valence-electron chi connectivity index (χ2n) is 4.69. The third-order valence-electron chi connectivity index (χ3n) is 3.12. The fourth-order valence-electron chi connectivity index (χ4n) is 2.06. The zero-order chi connectivity index (χ0) is 15.2. The van der Waals surface area contributed by atoms with Gasteiger partial charge in [0.25, 0.3) is 0 Å². The first-order valence-electron chi connectivity index (χ1n) is 7.20. The lowest BCUT2D eigenvalue weighted by Crippen LogP contribution is -1.94. The maximum atomic E-state index is 5.81. The molecule has 1 heterocycles. The lowest BCUT2D eigenvalue weighted by Gasteiger charge is -2.05. The van der Waals surface area contributed by atoms with Gasteiger partial charge < -0.3 is 4.74 Å². The van der Waals surface area contributed by atoms with Gasteiger partial charge in [-0.25, -0.2) is 4.98 Å². The van der Waals surface area contributed by atoms with Crippen molar-refractivity contribution in [3.63, 3.8) is 0 Å². The van der Waals surface area contributed by atoms with Crippen LogP contribution in [0.15, 0.2) is 64.9 Å². The van der Waals surface area contributed by atoms with Crippen LogP contribution in [0.5, 0.6) is 5.75 Å². The number of aromatic nitrogens is 1. The van der Waals surface area contributed by atoms with Gasteiger partial charge in [0.2, 0.25) is 0 Å². The Morgan fingerprint density at radius 1 is 1.05 bits per heavy atom. The highest BCUT2D eigenvalue weighted by molar-refractivity contribution is 7.99. The van der Waals surface area contributed by atoms with Crippen LogP contribution in [-0.2, 0) is 6.61 Å². The minimum atomic E-state index is 0.512. The molecule has 0 spiro atoms. The number of ether oxygens (including phenoxy) is 1. The predicted molar refractivity (Wildman–Crippen MR) is 94.7 cm³/mol. The summed E-state index contributed by atoms with van der Waals surface area (Å²) in [6.45, 7) is 2.67. The van der Waals surface area contributed by atoms with Gasteiger partial charge in [-0.05, 0) is 30.0 Å². The van der Waals surface area contributed by atoms with E-state index in [9.17, 15) is 0 Å². The summed E-state index contributed by atoms with van der Waals surface area (Å²) in [5.41, 5.74) is 2.16. The number of nitrogens with zero attached hydrogens (tertiary/aromatic N) is 1. The molecule has 0 N–H and O–H groups in total. The van der Waals surface area contributed by atoms with Crippen LogP contribution in [0.3, 0.4) is 0 Å². The first-order valence-corrected chi connectivity index (χ1v) is 9.07. The Labute approximate surface area is 139 Å². The van der Waals surface area contributed by atoms with E-state index in [2.05, 4.69) is 41.6 Å². The molecule has 22 heavy (non-hydrogen) atoms. The van der Waals surface area contributed by atoms with Crippen LogP contribution < -0.4 is 4.74 Å². The largest absolute Gasteiger partial charge is 0.486 e. The summed E-state index contributed by atoms with van der Waals surface area (Å²) >= 11 is 3.47. The molecule has 0 unspecified atom stereocenters. The fraction of sp³-hybridized carbons (Fsp3) is 0.167. The summed E-state index contributed by atoms with van der Waals surface area (Å²) < 4.78 is 5.81. The quantitative estimate of drug-likeness (QED) is 0.558. The number of hydrogen-bond acceptors (Lipinski definition) is 4. The third-order valence-corrected chi connectivity index (χ3v) is 4.83. The number of benzene rings is 2. The molecule has 2 nitrogen and oxygen atoms in total. The van der Waals surface area contributed by atoms with Gasteiger partial charge >= 0.3 is 0 Å². The average Bonchev–Trinajstić information content (AvgIpc) is 3.04. The van der Waals surface area contributed by atoms with Crippen molar-refractivity contribution in [2.24, 2.45) is 0 Å². The normalized spacial score (nSPS) is 10.6. The fourth-order valence-corrected chi connectivity index (χ4v) is 3.44. The zero-order valence-electron chi connectivity index (χ0n) is 12.4. The van der Waals surface area contributed by atoms with Gasteiger partial charge in [-0.1, -0.05) is 37.3 Å². The van der Waals surface area contributed by atoms with E-state index in [4.69, 9.17) is 4.74 Å². The maximum absolute atomic E-state index is 5.81. The molecule has 0 bridgehead atoms. The van der Waals surface area contributed by atoms with Crippen LogP contribution >= 0.6 is 23.1 Å². The molecule has 0 radical (unpaired) electrons. The van der Waals surface area contributed by atoms with E-state index in [0.29, 0.717) is 6.61 Å². The molecule has 3 rings (SSSR count). The molecule has 0 fully saturated rings. The van der Waals surface area contributed by atoms with Crippen LogP contribution in [0.1, 0.15) is 11.9 Å². The lowest BCUT2D eigenvalue weighted by molar-refractivity contribution is 0.305. The minimum absolute atomic E-state index is 0.512. The van der Waals surface area contributed by atoms with Gasteiger partial charge in [-0.2, -0.15) is 0 Å². The molecule has 0 atom stereocenters. The van der Waals surface area contributed by atoms with Crippen molar-refractivity contribution in [2.45, 2.75) is 18.4 Å². The number of rotatable bonds is 6. The average molecular weight is 327 g/mol. The zero-order valence-corrected chi connectivity index (χ0v) is 14.0. The van der Waals surface area contributed by atoms with Gasteiger partial charge in [0, 0.05) is 15.8 Å². The third kappa shape index (κ3) is 3.90. The minimum Gasteiger partial charge on any atom is -0.486 e. The lowest BCUT2D eigenvalue weighted by atomic mass is 10.2. The Morgan fingerprint density at radius 2 is 1.82 bits per heavy atom. The van der Waals surface area contributed by atoms with E-state index in [1.165, 1.54) is 4.90 Å². The van der Waals surface area contributed by atoms with Gasteiger partial charge in [-0.15, -0.1) is 23.1 Å². The summed E-state index contributed by atoms with van der Waals surface area (Å²) in [6, 6.07) is 18.4. The summed E-state index contributed by atoms with van der Waals surface area (Å²) in [5, 5.41) is 3.07. The van der Waals surface area contributed by atoms with Gasteiger partial charge in [-0.3, -0.25) is 0 Å². The Bertz CT molecular complexity index is 707. The van der Waals surface area contributed by atoms with Crippen LogP contribution in [0.25, 0.3) is 11.3 Å². The molecule has 0 amide bonds. The van der Waals surface area contributed by atoms with Crippen molar-refractivity contribution in [2.75, 3.05) is 5.75 Å². The van der Waals surface area contributed by atoms with Crippen molar-refractivity contribution in [1.29, 1.82) is 0 Å². The Hall–Kier alpha value is -1.78. The SMILES string of the molecule is CCSc1ccc(OCc2nc(-c3ccccc3)cs2)cc1. The van der Waals surface area contributed by atoms with Crippen LogP contribution in [0.4, 0.5) is 0 Å². The Balaban J connectivity index is 1.61. The maximum Gasteiger partial charge on any atom is 0.140 e. The number of hydrogen-bond donors (Lipinski definition) is 0. The highest BCUT2D eigenvalue weighted by atomic mass is 32.2. The van der Waals surface area contributed by atoms with E-state index >= 15 is 0 Å². The second-order valence-corrected chi connectivity index (χ2v) is 6.97. The number of thiazole rings is 1. The first-order chi connectivity index (χ1) is 10.8. The predicted octanol–water partition coefficient (Wildman–Crippen LogP) is 5.50. The van der Waals surface area contributed by atoms with E-state index in [1.807, 2.05) is 42.1 Å². The highest BCUT2D eigenvalue weighted by Crippen LogP contribution is 2.24. The van der Waals surface area contributed by atoms with E-state index < -0.39 is 0 Å². The van der Waals surface area contributed by atoms with Crippen molar-refractivity contribution in [3.8, 4) is 17.0 Å². The molecule has 1 aromatic heterocycles. The van der Waals surface area contributed by atoms with Crippen molar-refractivity contribution < 1.29 is 4.74 Å². The molecule has 0 aliphatic heterocycles. The molecular weight excluding hydrogens is 310 g/mol. The monoisotopic (exact) mass is 327 g/mol. The van der Waals surface area contributed by atoms with Gasteiger partial charge in [0.15, 0.2) is 0 Å². The number of thioether (sulfide) groups is 1. The molecule has 112 valence electrons. The standard InChI is InChI=1S/C18H17NOS2/c1-2-21-16-10-8-15(9-11-16)20-12-18-19-17(13-22-18)14-6-4-3-5-7-14/h3-11,13H,2,12H2,1H3.